The van der Waals surface area contributed by atoms with Gasteiger partial charge < -0.3 is 19.9 Å². The molecule has 170 valence electrons. The Morgan fingerprint density at radius 1 is 1.27 bits per heavy atom. The number of hydrogen-bond donors (Lipinski definition) is 2. The number of aromatic nitrogens is 2. The van der Waals surface area contributed by atoms with Gasteiger partial charge in [-0.05, 0) is 37.0 Å². The molecule has 0 saturated carbocycles. The van der Waals surface area contributed by atoms with Gasteiger partial charge in [-0.3, -0.25) is 10.1 Å². The van der Waals surface area contributed by atoms with E-state index in [9.17, 15) is 14.9 Å². The average Bonchev–Trinajstić information content (AvgIpc) is 3.21. The van der Waals surface area contributed by atoms with Gasteiger partial charge in [-0.2, -0.15) is 4.98 Å². The molecule has 0 bridgehead atoms. The van der Waals surface area contributed by atoms with Crippen LogP contribution in [0.15, 0.2) is 60.4 Å². The number of nitro benzene ring substituents is 1. The van der Waals surface area contributed by atoms with Crippen molar-refractivity contribution in [2.24, 2.45) is 0 Å². The second-order valence-corrected chi connectivity index (χ2v) is 7.80. The van der Waals surface area contributed by atoms with Gasteiger partial charge in [0, 0.05) is 31.1 Å². The van der Waals surface area contributed by atoms with Crippen molar-refractivity contribution in [1.29, 1.82) is 0 Å². The number of hydrogen-bond acceptors (Lipinski definition) is 7. The zero-order valence-electron chi connectivity index (χ0n) is 18.5. The normalized spacial score (nSPS) is 12.4. The number of carbonyl (C=O) groups is 1. The molecular formula is C24H25N5O4. The number of ether oxygens (including phenoxy) is 1. The van der Waals surface area contributed by atoms with E-state index in [-0.39, 0.29) is 16.6 Å². The molecule has 0 atom stereocenters. The van der Waals surface area contributed by atoms with Crippen LogP contribution < -0.4 is 10.6 Å². The number of nitro groups is 1. The molecule has 2 aromatic carbocycles. The summed E-state index contributed by atoms with van der Waals surface area (Å²) >= 11 is 0. The van der Waals surface area contributed by atoms with E-state index >= 15 is 0 Å². The first kappa shape index (κ1) is 22.1. The molecule has 1 aliphatic rings. The SMILES string of the molecule is CCOC(=O)C1=CNc2nc(NCCc3cc(C)cc(-c4cccc([N+](=O)[O-])c4)c3)cn2C1. The van der Waals surface area contributed by atoms with E-state index in [1.807, 2.05) is 29.8 Å². The Morgan fingerprint density at radius 3 is 2.91 bits per heavy atom. The first-order valence-corrected chi connectivity index (χ1v) is 10.7. The standard InChI is InChI=1S/C24H25N5O4/c1-3-33-23(30)20-13-26-24-27-22(15-28(24)14-20)25-8-7-17-9-16(2)10-19(11-17)18-5-4-6-21(12-18)29(31)32/h4-6,9-13,15,25H,3,7-8,14H2,1-2H3,(H,26,27). The average molecular weight is 447 g/mol. The Bertz CT molecular complexity index is 1230. The monoisotopic (exact) mass is 447 g/mol. The van der Waals surface area contributed by atoms with Crippen molar-refractivity contribution in [3.8, 4) is 11.1 Å². The van der Waals surface area contributed by atoms with Gasteiger partial charge in [0.2, 0.25) is 5.95 Å². The number of anilines is 2. The molecule has 9 nitrogen and oxygen atoms in total. The zero-order valence-corrected chi connectivity index (χ0v) is 18.5. The summed E-state index contributed by atoms with van der Waals surface area (Å²) in [6.45, 7) is 5.19. The summed E-state index contributed by atoms with van der Waals surface area (Å²) in [4.78, 5) is 27.2. The van der Waals surface area contributed by atoms with Crippen LogP contribution in [0.3, 0.4) is 0 Å². The van der Waals surface area contributed by atoms with Crippen LogP contribution in [0.25, 0.3) is 11.1 Å². The molecule has 0 aliphatic carbocycles. The molecule has 0 fully saturated rings. The summed E-state index contributed by atoms with van der Waals surface area (Å²) in [5, 5.41) is 17.5. The topological polar surface area (TPSA) is 111 Å². The minimum absolute atomic E-state index is 0.0789. The highest BCUT2D eigenvalue weighted by molar-refractivity contribution is 5.89. The Morgan fingerprint density at radius 2 is 2.12 bits per heavy atom. The molecule has 0 amide bonds. The number of nitrogens with one attached hydrogen (secondary N) is 2. The van der Waals surface area contributed by atoms with Crippen molar-refractivity contribution in [2.45, 2.75) is 26.8 Å². The molecule has 4 rings (SSSR count). The smallest absolute Gasteiger partial charge is 0.337 e. The molecule has 0 radical (unpaired) electrons. The van der Waals surface area contributed by atoms with Crippen molar-refractivity contribution < 1.29 is 14.5 Å². The summed E-state index contributed by atoms with van der Waals surface area (Å²) in [6, 6.07) is 12.9. The van der Waals surface area contributed by atoms with E-state index in [1.54, 1.807) is 25.3 Å². The Hall–Kier alpha value is -4.14. The fraction of sp³-hybridized carbons (Fsp3) is 0.250. The van der Waals surface area contributed by atoms with Crippen LogP contribution in [-0.4, -0.2) is 33.6 Å². The van der Waals surface area contributed by atoms with E-state index in [1.165, 1.54) is 6.07 Å². The number of benzene rings is 2. The second kappa shape index (κ2) is 9.56. The molecule has 33 heavy (non-hydrogen) atoms. The Labute approximate surface area is 191 Å². The van der Waals surface area contributed by atoms with Gasteiger partial charge in [0.1, 0.15) is 5.82 Å². The van der Waals surface area contributed by atoms with Crippen LogP contribution in [0.1, 0.15) is 18.1 Å². The number of nitrogens with zero attached hydrogens (tertiary/aromatic N) is 3. The third kappa shape index (κ3) is 5.20. The van der Waals surface area contributed by atoms with Gasteiger partial charge in [0.05, 0.1) is 23.6 Å². The van der Waals surface area contributed by atoms with Crippen LogP contribution >= 0.6 is 0 Å². The summed E-state index contributed by atoms with van der Waals surface area (Å²) in [6.07, 6.45) is 4.25. The molecule has 1 aliphatic heterocycles. The van der Waals surface area contributed by atoms with E-state index in [2.05, 4.69) is 27.8 Å². The Kier molecular flexibility index (Phi) is 6.39. The van der Waals surface area contributed by atoms with Gasteiger partial charge in [0.15, 0.2) is 0 Å². The lowest BCUT2D eigenvalue weighted by Crippen LogP contribution is -2.19. The number of esters is 1. The quantitative estimate of drug-likeness (QED) is 0.301. The number of non-ortho nitro benzene ring substituents is 1. The molecule has 3 aromatic rings. The van der Waals surface area contributed by atoms with Gasteiger partial charge in [-0.15, -0.1) is 0 Å². The highest BCUT2D eigenvalue weighted by Gasteiger charge is 2.19. The molecular weight excluding hydrogens is 422 g/mol. The van der Waals surface area contributed by atoms with Crippen LogP contribution in [-0.2, 0) is 22.5 Å². The third-order valence-corrected chi connectivity index (χ3v) is 5.28. The van der Waals surface area contributed by atoms with Crippen molar-refractivity contribution in [2.75, 3.05) is 23.8 Å². The lowest BCUT2D eigenvalue weighted by Gasteiger charge is -2.15. The van der Waals surface area contributed by atoms with E-state index in [4.69, 9.17) is 4.74 Å². The summed E-state index contributed by atoms with van der Waals surface area (Å²) < 4.78 is 6.92. The highest BCUT2D eigenvalue weighted by atomic mass is 16.6. The largest absolute Gasteiger partial charge is 0.463 e. The lowest BCUT2D eigenvalue weighted by molar-refractivity contribution is -0.384. The maximum atomic E-state index is 11.9. The number of rotatable bonds is 8. The van der Waals surface area contributed by atoms with Gasteiger partial charge in [-0.1, -0.05) is 35.9 Å². The molecule has 9 heteroatoms. The number of fused-ring (bicyclic) bond motifs is 1. The lowest BCUT2D eigenvalue weighted by atomic mass is 9.98. The van der Waals surface area contributed by atoms with Crippen molar-refractivity contribution in [3.63, 3.8) is 0 Å². The van der Waals surface area contributed by atoms with Crippen molar-refractivity contribution in [3.05, 3.63) is 81.7 Å². The van der Waals surface area contributed by atoms with Crippen LogP contribution in [0.5, 0.6) is 0 Å². The first-order chi connectivity index (χ1) is 15.9. The zero-order chi connectivity index (χ0) is 23.4. The van der Waals surface area contributed by atoms with Crippen LogP contribution in [0, 0.1) is 17.0 Å². The summed E-state index contributed by atoms with van der Waals surface area (Å²) in [7, 11) is 0. The van der Waals surface area contributed by atoms with E-state index < -0.39 is 0 Å². The molecule has 1 aromatic heterocycles. The van der Waals surface area contributed by atoms with Crippen LogP contribution in [0.2, 0.25) is 0 Å². The second-order valence-electron chi connectivity index (χ2n) is 7.80. The van der Waals surface area contributed by atoms with E-state index in [0.717, 1.165) is 28.7 Å². The maximum absolute atomic E-state index is 11.9. The van der Waals surface area contributed by atoms with Gasteiger partial charge in [-0.25, -0.2) is 4.79 Å². The third-order valence-electron chi connectivity index (χ3n) is 5.28. The van der Waals surface area contributed by atoms with Crippen molar-refractivity contribution >= 4 is 23.4 Å². The summed E-state index contributed by atoms with van der Waals surface area (Å²) in [5.74, 6) is 1.04. The minimum atomic E-state index is -0.380. The number of carbonyl (C=O) groups excluding carboxylic acids is 1. The number of aryl methyl sites for hydroxylation is 1. The van der Waals surface area contributed by atoms with Crippen molar-refractivity contribution in [1.82, 2.24) is 9.55 Å². The number of imidazole rings is 1. The molecule has 0 unspecified atom stereocenters. The van der Waals surface area contributed by atoms with Gasteiger partial charge in [0.25, 0.3) is 5.69 Å². The van der Waals surface area contributed by atoms with Gasteiger partial charge >= 0.3 is 5.97 Å². The van der Waals surface area contributed by atoms with Crippen LogP contribution in [0.4, 0.5) is 17.5 Å². The molecule has 2 heterocycles. The fourth-order valence-electron chi connectivity index (χ4n) is 3.77. The first-order valence-electron chi connectivity index (χ1n) is 10.7. The minimum Gasteiger partial charge on any atom is -0.463 e. The predicted octanol–water partition coefficient (Wildman–Crippen LogP) is 4.29. The molecule has 2 N–H and O–H groups in total. The highest BCUT2D eigenvalue weighted by Crippen LogP contribution is 2.26. The van der Waals surface area contributed by atoms with E-state index in [0.29, 0.717) is 37.0 Å². The predicted molar refractivity (Wildman–Crippen MR) is 126 cm³/mol. The Balaban J connectivity index is 1.40. The summed E-state index contributed by atoms with van der Waals surface area (Å²) in [5.41, 5.74) is 4.61. The molecule has 0 spiro atoms. The maximum Gasteiger partial charge on any atom is 0.337 e. The molecule has 0 saturated heterocycles. The fourth-order valence-corrected chi connectivity index (χ4v) is 3.77.